The molecule has 0 aromatic heterocycles. The predicted molar refractivity (Wildman–Crippen MR) is 108 cm³/mol. The van der Waals surface area contributed by atoms with Crippen molar-refractivity contribution in [3.8, 4) is 0 Å². The number of nitrogens with one attached hydrogen (secondary N) is 2. The zero-order valence-electron chi connectivity index (χ0n) is 15.2. The van der Waals surface area contributed by atoms with Crippen molar-refractivity contribution in [1.29, 1.82) is 0 Å². The van der Waals surface area contributed by atoms with Crippen LogP contribution in [0.2, 0.25) is 0 Å². The van der Waals surface area contributed by atoms with Crippen LogP contribution in [0.5, 0.6) is 0 Å². The van der Waals surface area contributed by atoms with E-state index in [4.69, 9.17) is 5.73 Å². The number of anilines is 1. The lowest BCUT2D eigenvalue weighted by Gasteiger charge is -2.25. The van der Waals surface area contributed by atoms with Crippen LogP contribution < -0.4 is 16.4 Å². The van der Waals surface area contributed by atoms with Gasteiger partial charge in [0.05, 0.1) is 4.90 Å². The first-order chi connectivity index (χ1) is 13.0. The molecule has 2 rings (SSSR count). The van der Waals surface area contributed by atoms with Gasteiger partial charge in [-0.05, 0) is 48.9 Å². The summed E-state index contributed by atoms with van der Waals surface area (Å²) in [5.41, 5.74) is 6.73. The fourth-order valence-electron chi connectivity index (χ4n) is 2.69. The smallest absolute Gasteiger partial charge is 0.319 e. The summed E-state index contributed by atoms with van der Waals surface area (Å²) in [5.74, 6) is 0. The summed E-state index contributed by atoms with van der Waals surface area (Å²) >= 11 is 0. The van der Waals surface area contributed by atoms with E-state index in [1.165, 1.54) is 22.6 Å². The van der Waals surface area contributed by atoms with Gasteiger partial charge in [-0.1, -0.05) is 31.2 Å². The Bertz CT molecular complexity index is 808. The molecule has 1 aromatic rings. The van der Waals surface area contributed by atoms with Crippen molar-refractivity contribution in [3.05, 3.63) is 60.8 Å². The van der Waals surface area contributed by atoms with Crippen LogP contribution in [0.3, 0.4) is 0 Å². The van der Waals surface area contributed by atoms with E-state index < -0.39 is 16.1 Å². The molecule has 27 heavy (non-hydrogen) atoms. The highest BCUT2D eigenvalue weighted by molar-refractivity contribution is 7.89. The molecule has 1 aliphatic heterocycles. The lowest BCUT2D eigenvalue weighted by atomic mass is 10.2. The number of rotatable bonds is 7. The van der Waals surface area contributed by atoms with Gasteiger partial charge in [0, 0.05) is 25.3 Å². The van der Waals surface area contributed by atoms with Gasteiger partial charge >= 0.3 is 6.03 Å². The Labute approximate surface area is 160 Å². The molecule has 1 aromatic carbocycles. The molecule has 0 radical (unpaired) electrons. The van der Waals surface area contributed by atoms with Gasteiger partial charge < -0.3 is 16.4 Å². The van der Waals surface area contributed by atoms with Gasteiger partial charge in [-0.3, -0.25) is 0 Å². The molecular weight excluding hydrogens is 364 g/mol. The number of sulfonamides is 1. The number of nitrogens with two attached hydrogens (primary N) is 1. The summed E-state index contributed by atoms with van der Waals surface area (Å²) in [6, 6.07) is 5.77. The van der Waals surface area contributed by atoms with Gasteiger partial charge in [-0.25, -0.2) is 13.2 Å². The van der Waals surface area contributed by atoms with Crippen molar-refractivity contribution >= 4 is 21.7 Å². The van der Waals surface area contributed by atoms with Crippen LogP contribution in [-0.2, 0) is 10.0 Å². The topological polar surface area (TPSA) is 105 Å². The molecule has 7 nitrogen and oxygen atoms in total. The van der Waals surface area contributed by atoms with E-state index >= 15 is 0 Å². The van der Waals surface area contributed by atoms with Crippen molar-refractivity contribution < 1.29 is 13.2 Å². The molecule has 0 atom stereocenters. The van der Waals surface area contributed by atoms with Gasteiger partial charge in [0.15, 0.2) is 0 Å². The summed E-state index contributed by atoms with van der Waals surface area (Å²) in [5, 5.41) is 5.34. The average molecular weight is 391 g/mol. The van der Waals surface area contributed by atoms with Gasteiger partial charge in [0.2, 0.25) is 10.0 Å². The van der Waals surface area contributed by atoms with Gasteiger partial charge in [-0.2, -0.15) is 4.31 Å². The van der Waals surface area contributed by atoms with E-state index in [9.17, 15) is 13.2 Å². The van der Waals surface area contributed by atoms with Crippen molar-refractivity contribution in [3.63, 3.8) is 0 Å². The Hall–Kier alpha value is -2.58. The van der Waals surface area contributed by atoms with Gasteiger partial charge in [-0.15, -0.1) is 0 Å². The van der Waals surface area contributed by atoms with E-state index in [2.05, 4.69) is 17.2 Å². The largest absolute Gasteiger partial charge is 0.404 e. The second kappa shape index (κ2) is 9.94. The number of carbonyl (C=O) groups excluding carboxylic acids is 1. The number of piperidine rings is 1. The first kappa shape index (κ1) is 20.7. The van der Waals surface area contributed by atoms with E-state index in [0.717, 1.165) is 24.8 Å². The predicted octanol–water partition coefficient (Wildman–Crippen LogP) is 2.57. The normalized spacial score (nSPS) is 16.2. The summed E-state index contributed by atoms with van der Waals surface area (Å²) in [6.07, 6.45) is 9.33. The maximum atomic E-state index is 12.6. The summed E-state index contributed by atoms with van der Waals surface area (Å²) in [6.45, 7) is 4.94. The molecule has 2 amide bonds. The first-order valence-corrected chi connectivity index (χ1v) is 10.3. The van der Waals surface area contributed by atoms with Crippen LogP contribution >= 0.6 is 0 Å². The monoisotopic (exact) mass is 390 g/mol. The minimum absolute atomic E-state index is 0.235. The van der Waals surface area contributed by atoms with E-state index in [-0.39, 0.29) is 11.4 Å². The average Bonchev–Trinajstić information content (AvgIpc) is 2.69. The molecule has 1 aliphatic rings. The number of benzene rings is 1. The Kier molecular flexibility index (Phi) is 7.63. The zero-order chi connectivity index (χ0) is 19.7. The molecule has 1 fully saturated rings. The van der Waals surface area contributed by atoms with Crippen molar-refractivity contribution in [2.24, 2.45) is 5.73 Å². The number of hydrogen-bond acceptors (Lipinski definition) is 4. The maximum absolute atomic E-state index is 12.6. The summed E-state index contributed by atoms with van der Waals surface area (Å²) in [7, 11) is -3.47. The van der Waals surface area contributed by atoms with Crippen LogP contribution in [0.25, 0.3) is 0 Å². The second-order valence-corrected chi connectivity index (χ2v) is 8.07. The Morgan fingerprint density at radius 1 is 1.19 bits per heavy atom. The third-order valence-electron chi connectivity index (χ3n) is 4.18. The molecule has 0 saturated carbocycles. The number of allylic oxidation sites excluding steroid dienone is 2. The Morgan fingerprint density at radius 2 is 1.85 bits per heavy atom. The Morgan fingerprint density at radius 3 is 2.44 bits per heavy atom. The molecule has 146 valence electrons. The van der Waals surface area contributed by atoms with Crippen molar-refractivity contribution in [2.75, 3.05) is 25.0 Å². The molecule has 0 unspecified atom stereocenters. The summed E-state index contributed by atoms with van der Waals surface area (Å²) < 4.78 is 26.7. The fourth-order valence-corrected chi connectivity index (χ4v) is 4.20. The Balaban J connectivity index is 1.94. The lowest BCUT2D eigenvalue weighted by molar-refractivity contribution is 0.253. The molecule has 8 heteroatoms. The second-order valence-electron chi connectivity index (χ2n) is 6.13. The number of carbonyl (C=O) groups is 1. The molecule has 1 saturated heterocycles. The van der Waals surface area contributed by atoms with Gasteiger partial charge in [0.25, 0.3) is 0 Å². The molecule has 0 aliphatic carbocycles. The molecule has 4 N–H and O–H groups in total. The number of urea groups is 1. The minimum atomic E-state index is -3.47. The fraction of sp³-hybridized carbons (Fsp3) is 0.316. The lowest BCUT2D eigenvalue weighted by Crippen LogP contribution is -2.35. The van der Waals surface area contributed by atoms with Crippen LogP contribution in [0.15, 0.2) is 65.7 Å². The number of hydrogen-bond donors (Lipinski definition) is 3. The van der Waals surface area contributed by atoms with Crippen molar-refractivity contribution in [2.45, 2.75) is 24.2 Å². The molecule has 0 spiro atoms. The first-order valence-electron chi connectivity index (χ1n) is 8.82. The maximum Gasteiger partial charge on any atom is 0.319 e. The highest BCUT2D eigenvalue weighted by atomic mass is 32.2. The van der Waals surface area contributed by atoms with Crippen LogP contribution in [0.4, 0.5) is 10.5 Å². The third kappa shape index (κ3) is 5.97. The highest BCUT2D eigenvalue weighted by Crippen LogP contribution is 2.21. The zero-order valence-corrected chi connectivity index (χ0v) is 16.0. The van der Waals surface area contributed by atoms with Crippen molar-refractivity contribution in [1.82, 2.24) is 9.62 Å². The molecule has 1 heterocycles. The molecular formula is C19H26N4O3S. The van der Waals surface area contributed by atoms with E-state index in [1.807, 2.05) is 0 Å². The number of nitrogens with zero attached hydrogens (tertiary/aromatic N) is 1. The highest BCUT2D eigenvalue weighted by Gasteiger charge is 2.25. The van der Waals surface area contributed by atoms with E-state index in [0.29, 0.717) is 18.8 Å². The summed E-state index contributed by atoms with van der Waals surface area (Å²) in [4.78, 5) is 12.2. The quantitative estimate of drug-likeness (QED) is 0.622. The number of amides is 2. The standard InChI is InChI=1S/C19H26N4O3S/c1-2-3-7-16(14-20)15-21-19(24)22-17-8-10-18(11-9-17)27(25,26)23-12-5-4-6-13-23/h2-3,7-11,14H,1,4-6,12-13,15,20H2,(H2,21,22,24)/b7-3-,16-14+. The van der Waals surface area contributed by atoms with Crippen LogP contribution in [0, 0.1) is 0 Å². The van der Waals surface area contributed by atoms with Crippen LogP contribution in [-0.4, -0.2) is 38.4 Å². The van der Waals surface area contributed by atoms with Crippen LogP contribution in [0.1, 0.15) is 19.3 Å². The minimum Gasteiger partial charge on any atom is -0.404 e. The molecule has 0 bridgehead atoms. The van der Waals surface area contributed by atoms with E-state index in [1.54, 1.807) is 30.4 Å². The van der Waals surface area contributed by atoms with Gasteiger partial charge in [0.1, 0.15) is 0 Å². The SMILES string of the molecule is C=C/C=C\C(=C/N)CNC(=O)Nc1ccc(S(=O)(=O)N2CCCCC2)cc1. The third-order valence-corrected chi connectivity index (χ3v) is 6.09.